The van der Waals surface area contributed by atoms with Crippen LogP contribution in [0.2, 0.25) is 0 Å². The van der Waals surface area contributed by atoms with E-state index in [9.17, 15) is 28.1 Å². The number of hydrogen-bond donors (Lipinski definition) is 1. The van der Waals surface area contributed by atoms with Crippen LogP contribution in [-0.4, -0.2) is 56.8 Å². The van der Waals surface area contributed by atoms with Crippen LogP contribution < -0.4 is 10.2 Å². The minimum Gasteiger partial charge on any atom is -0.362 e. The Morgan fingerprint density at radius 2 is 1.74 bits per heavy atom. The van der Waals surface area contributed by atoms with Gasteiger partial charge >= 0.3 is 12.2 Å². The fourth-order valence-corrected chi connectivity index (χ4v) is 3.82. The first-order chi connectivity index (χ1) is 16.7. The van der Waals surface area contributed by atoms with Gasteiger partial charge in [-0.1, -0.05) is 24.3 Å². The molecular weight excluding hydrogens is 467 g/mol. The molecule has 4 rings (SSSR count). The van der Waals surface area contributed by atoms with Crippen LogP contribution >= 0.6 is 0 Å². The highest BCUT2D eigenvalue weighted by Gasteiger charge is 2.34. The number of halogens is 3. The number of benzene rings is 2. The van der Waals surface area contributed by atoms with E-state index in [1.54, 1.807) is 20.8 Å². The lowest BCUT2D eigenvalue weighted by Crippen LogP contribution is -2.51. The predicted molar refractivity (Wildman–Crippen MR) is 120 cm³/mol. The molecule has 2 heterocycles. The number of alkyl halides is 3. The van der Waals surface area contributed by atoms with Gasteiger partial charge in [0.1, 0.15) is 18.3 Å². The standard InChI is InChI=1S/C22H22F3N7O3/c23-22(24,25)18-5-6-19(20(11-18)32(34)35)29-7-9-30(10-8-29)21(33)27-12-16-1-3-17(4-2-16)13-31-15-26-14-28-31/h1-6,11,14-15H,7-10,12-13H2,(H,27,33). The van der Waals surface area contributed by atoms with Gasteiger partial charge in [0, 0.05) is 38.8 Å². The van der Waals surface area contributed by atoms with E-state index in [1.165, 1.54) is 6.33 Å². The predicted octanol–water partition coefficient (Wildman–Crippen LogP) is 3.29. The summed E-state index contributed by atoms with van der Waals surface area (Å²) in [5.74, 6) is 0. The Labute approximate surface area is 198 Å². The van der Waals surface area contributed by atoms with Gasteiger partial charge in [0.15, 0.2) is 0 Å². The Bertz CT molecular complexity index is 1180. The zero-order valence-electron chi connectivity index (χ0n) is 18.5. The fourth-order valence-electron chi connectivity index (χ4n) is 3.82. The molecule has 0 aliphatic carbocycles. The van der Waals surface area contributed by atoms with Crippen molar-refractivity contribution in [3.05, 3.63) is 81.9 Å². The van der Waals surface area contributed by atoms with Gasteiger partial charge in [0.05, 0.1) is 17.0 Å². The Hall–Kier alpha value is -4.16. The molecule has 1 aliphatic heterocycles. The number of hydrogen-bond acceptors (Lipinski definition) is 6. The van der Waals surface area contributed by atoms with Crippen LogP contribution in [0.25, 0.3) is 0 Å². The van der Waals surface area contributed by atoms with Crippen molar-refractivity contribution >= 4 is 17.4 Å². The van der Waals surface area contributed by atoms with Gasteiger partial charge in [-0.15, -0.1) is 0 Å². The fraction of sp³-hybridized carbons (Fsp3) is 0.318. The molecule has 2 aromatic carbocycles. The summed E-state index contributed by atoms with van der Waals surface area (Å²) in [5.41, 5.74) is 0.384. The van der Waals surface area contributed by atoms with Crippen LogP contribution in [0.3, 0.4) is 0 Å². The van der Waals surface area contributed by atoms with E-state index < -0.39 is 22.4 Å². The second kappa shape index (κ2) is 9.99. The third-order valence-corrected chi connectivity index (χ3v) is 5.68. The third kappa shape index (κ3) is 5.86. The van der Waals surface area contributed by atoms with Gasteiger partial charge in [-0.3, -0.25) is 10.1 Å². The molecule has 10 nitrogen and oxygen atoms in total. The highest BCUT2D eigenvalue weighted by molar-refractivity contribution is 5.75. The monoisotopic (exact) mass is 489 g/mol. The van der Waals surface area contributed by atoms with E-state index in [0.29, 0.717) is 19.2 Å². The maximum atomic E-state index is 12.9. The van der Waals surface area contributed by atoms with E-state index in [4.69, 9.17) is 0 Å². The van der Waals surface area contributed by atoms with E-state index >= 15 is 0 Å². The molecule has 2 amide bonds. The van der Waals surface area contributed by atoms with Crippen molar-refractivity contribution in [1.29, 1.82) is 0 Å². The Kier molecular flexibility index (Phi) is 6.85. The minimum absolute atomic E-state index is 0.106. The van der Waals surface area contributed by atoms with Crippen molar-refractivity contribution in [2.75, 3.05) is 31.1 Å². The highest BCUT2D eigenvalue weighted by Crippen LogP contribution is 2.36. The summed E-state index contributed by atoms with van der Waals surface area (Å²) >= 11 is 0. The lowest BCUT2D eigenvalue weighted by molar-refractivity contribution is -0.384. The topological polar surface area (TPSA) is 109 Å². The quantitative estimate of drug-likeness (QED) is 0.421. The zero-order valence-corrected chi connectivity index (χ0v) is 18.5. The number of carbonyl (C=O) groups excluding carboxylic acids is 1. The van der Waals surface area contributed by atoms with Crippen LogP contribution in [0.5, 0.6) is 0 Å². The summed E-state index contributed by atoms with van der Waals surface area (Å²) in [4.78, 5) is 30.2. The summed E-state index contributed by atoms with van der Waals surface area (Å²) in [7, 11) is 0. The van der Waals surface area contributed by atoms with Crippen LogP contribution in [0.15, 0.2) is 55.1 Å². The van der Waals surface area contributed by atoms with E-state index in [2.05, 4.69) is 15.4 Å². The molecule has 13 heteroatoms. The lowest BCUT2D eigenvalue weighted by atomic mass is 10.1. The van der Waals surface area contributed by atoms with Gasteiger partial charge in [0.25, 0.3) is 5.69 Å². The van der Waals surface area contributed by atoms with Crippen LogP contribution in [0.4, 0.5) is 29.3 Å². The number of nitro groups is 1. The summed E-state index contributed by atoms with van der Waals surface area (Å²) in [6, 6.07) is 9.92. The molecule has 0 atom stereocenters. The Balaban J connectivity index is 1.30. The number of amides is 2. The highest BCUT2D eigenvalue weighted by atomic mass is 19.4. The summed E-state index contributed by atoms with van der Waals surface area (Å²) in [5, 5.41) is 18.3. The Morgan fingerprint density at radius 1 is 1.06 bits per heavy atom. The first kappa shape index (κ1) is 24.0. The van der Waals surface area contributed by atoms with Gasteiger partial charge in [0.2, 0.25) is 0 Å². The average molecular weight is 489 g/mol. The molecule has 0 bridgehead atoms. The first-order valence-electron chi connectivity index (χ1n) is 10.7. The minimum atomic E-state index is -4.67. The van der Waals surface area contributed by atoms with Crippen LogP contribution in [-0.2, 0) is 19.3 Å². The number of urea groups is 1. The number of nitrogens with zero attached hydrogens (tertiary/aromatic N) is 6. The normalized spacial score (nSPS) is 14.1. The molecule has 1 aliphatic rings. The van der Waals surface area contributed by atoms with E-state index in [1.807, 2.05) is 24.3 Å². The average Bonchev–Trinajstić information content (AvgIpc) is 3.35. The molecule has 0 unspecified atom stereocenters. The number of anilines is 1. The molecular formula is C22H22F3N7O3. The number of rotatable bonds is 6. The second-order valence-electron chi connectivity index (χ2n) is 8.00. The van der Waals surface area contributed by atoms with Crippen molar-refractivity contribution < 1.29 is 22.9 Å². The third-order valence-electron chi connectivity index (χ3n) is 5.68. The van der Waals surface area contributed by atoms with Crippen LogP contribution in [0, 0.1) is 10.1 Å². The van der Waals surface area contributed by atoms with Gasteiger partial charge in [-0.25, -0.2) is 14.5 Å². The largest absolute Gasteiger partial charge is 0.416 e. The first-order valence-corrected chi connectivity index (χ1v) is 10.7. The lowest BCUT2D eigenvalue weighted by Gasteiger charge is -2.35. The molecule has 0 radical (unpaired) electrons. The van der Waals surface area contributed by atoms with Crippen LogP contribution in [0.1, 0.15) is 16.7 Å². The molecule has 1 N–H and O–H groups in total. The SMILES string of the molecule is O=C(NCc1ccc(Cn2cncn2)cc1)N1CCN(c2ccc(C(F)(F)F)cc2[N+](=O)[O-])CC1. The number of piperazine rings is 1. The molecule has 1 aromatic heterocycles. The Morgan fingerprint density at radius 3 is 2.34 bits per heavy atom. The maximum absolute atomic E-state index is 12.9. The van der Waals surface area contributed by atoms with E-state index in [-0.39, 0.29) is 37.9 Å². The summed E-state index contributed by atoms with van der Waals surface area (Å²) in [6.45, 7) is 2.00. The molecule has 184 valence electrons. The molecule has 35 heavy (non-hydrogen) atoms. The van der Waals surface area contributed by atoms with Gasteiger partial charge < -0.3 is 15.1 Å². The molecule has 1 fully saturated rings. The van der Waals surface area contributed by atoms with Gasteiger partial charge in [-0.2, -0.15) is 18.3 Å². The molecule has 1 saturated heterocycles. The van der Waals surface area contributed by atoms with Crippen molar-refractivity contribution in [1.82, 2.24) is 25.0 Å². The van der Waals surface area contributed by atoms with Crippen molar-refractivity contribution in [2.24, 2.45) is 0 Å². The molecule has 0 saturated carbocycles. The maximum Gasteiger partial charge on any atom is 0.416 e. The number of nitrogens with one attached hydrogen (secondary N) is 1. The smallest absolute Gasteiger partial charge is 0.362 e. The van der Waals surface area contributed by atoms with Crippen molar-refractivity contribution in [3.8, 4) is 0 Å². The second-order valence-corrected chi connectivity index (χ2v) is 8.00. The molecule has 0 spiro atoms. The number of carbonyl (C=O) groups is 1. The summed E-state index contributed by atoms with van der Waals surface area (Å²) in [6.07, 6.45) is -1.57. The molecule has 3 aromatic rings. The summed E-state index contributed by atoms with van der Waals surface area (Å²) < 4.78 is 40.5. The van der Waals surface area contributed by atoms with E-state index in [0.717, 1.165) is 23.3 Å². The number of aromatic nitrogens is 3. The van der Waals surface area contributed by atoms with Crippen molar-refractivity contribution in [3.63, 3.8) is 0 Å². The van der Waals surface area contributed by atoms with Gasteiger partial charge in [-0.05, 0) is 23.3 Å². The zero-order chi connectivity index (χ0) is 25.0. The van der Waals surface area contributed by atoms with Crippen molar-refractivity contribution in [2.45, 2.75) is 19.3 Å². The number of nitro benzene ring substituents is 1.